The van der Waals surface area contributed by atoms with Gasteiger partial charge in [-0.1, -0.05) is 24.3 Å². The number of benzene rings is 2. The van der Waals surface area contributed by atoms with Gasteiger partial charge in [-0.2, -0.15) is 0 Å². The zero-order chi connectivity index (χ0) is 22.4. The second-order valence-electron chi connectivity index (χ2n) is 7.18. The van der Waals surface area contributed by atoms with Crippen LogP contribution in [0.15, 0.2) is 60.8 Å². The maximum absolute atomic E-state index is 13.1. The fourth-order valence-electron chi connectivity index (χ4n) is 3.12. The Morgan fingerprint density at radius 3 is 2.52 bits per heavy atom. The molecular formula is C24H26N4O3. The SMILES string of the molecule is COc1ccccc1Nc1ncccc1C(=O)N(C)CC(=O)Nc1cccc(C)c1C. The number of pyridine rings is 1. The standard InChI is InChI=1S/C24H26N4O3/c1-16-9-7-12-19(17(16)2)26-22(29)15-28(3)24(30)18-10-8-14-25-23(18)27-20-11-5-6-13-21(20)31-4/h5-14H,15H2,1-4H3,(H,25,27)(H,26,29). The number of likely N-dealkylation sites (N-methyl/N-ethyl adjacent to an activating group) is 1. The van der Waals surface area contributed by atoms with E-state index in [4.69, 9.17) is 4.74 Å². The number of nitrogens with zero attached hydrogens (tertiary/aromatic N) is 2. The molecule has 2 N–H and O–H groups in total. The molecule has 160 valence electrons. The van der Waals surface area contributed by atoms with E-state index < -0.39 is 0 Å². The molecule has 0 fully saturated rings. The van der Waals surface area contributed by atoms with Crippen molar-refractivity contribution in [3.05, 3.63) is 77.5 Å². The van der Waals surface area contributed by atoms with Crippen molar-refractivity contribution in [1.29, 1.82) is 0 Å². The highest BCUT2D eigenvalue weighted by molar-refractivity contribution is 6.02. The molecule has 7 heteroatoms. The van der Waals surface area contributed by atoms with Crippen LogP contribution in [0.1, 0.15) is 21.5 Å². The van der Waals surface area contributed by atoms with E-state index in [1.165, 1.54) is 4.90 Å². The van der Waals surface area contributed by atoms with Crippen LogP contribution in [0.3, 0.4) is 0 Å². The number of hydrogen-bond acceptors (Lipinski definition) is 5. The molecule has 0 radical (unpaired) electrons. The van der Waals surface area contributed by atoms with Crippen LogP contribution >= 0.6 is 0 Å². The molecule has 0 saturated carbocycles. The van der Waals surface area contributed by atoms with Gasteiger partial charge in [0.1, 0.15) is 11.6 Å². The Bertz CT molecular complexity index is 1100. The fourth-order valence-corrected chi connectivity index (χ4v) is 3.12. The van der Waals surface area contributed by atoms with Gasteiger partial charge < -0.3 is 20.3 Å². The average Bonchev–Trinajstić information content (AvgIpc) is 2.77. The predicted octanol–water partition coefficient (Wildman–Crippen LogP) is 4.16. The first-order valence-corrected chi connectivity index (χ1v) is 9.87. The third-order valence-electron chi connectivity index (χ3n) is 5.00. The van der Waals surface area contributed by atoms with Gasteiger partial charge in [0.15, 0.2) is 0 Å². The van der Waals surface area contributed by atoms with Crippen LogP contribution in [0.25, 0.3) is 0 Å². The zero-order valence-corrected chi connectivity index (χ0v) is 18.1. The summed E-state index contributed by atoms with van der Waals surface area (Å²) in [5.41, 5.74) is 3.87. The number of hydrogen-bond donors (Lipinski definition) is 2. The lowest BCUT2D eigenvalue weighted by molar-refractivity contribution is -0.116. The monoisotopic (exact) mass is 418 g/mol. The van der Waals surface area contributed by atoms with Crippen molar-refractivity contribution in [2.24, 2.45) is 0 Å². The summed E-state index contributed by atoms with van der Waals surface area (Å²) in [5, 5.41) is 6.03. The molecule has 0 saturated heterocycles. The summed E-state index contributed by atoms with van der Waals surface area (Å²) >= 11 is 0. The third kappa shape index (κ3) is 5.19. The van der Waals surface area contributed by atoms with Crippen molar-refractivity contribution >= 4 is 29.0 Å². The van der Waals surface area contributed by atoms with Crippen molar-refractivity contribution in [1.82, 2.24) is 9.88 Å². The number of para-hydroxylation sites is 2. The number of ether oxygens (including phenoxy) is 1. The summed E-state index contributed by atoms with van der Waals surface area (Å²) in [6.07, 6.45) is 1.60. The van der Waals surface area contributed by atoms with E-state index in [2.05, 4.69) is 15.6 Å². The molecule has 2 amide bonds. The smallest absolute Gasteiger partial charge is 0.257 e. The van der Waals surface area contributed by atoms with Crippen LogP contribution in [-0.4, -0.2) is 42.4 Å². The number of carbonyl (C=O) groups excluding carboxylic acids is 2. The lowest BCUT2D eigenvalue weighted by Crippen LogP contribution is -2.35. The Morgan fingerprint density at radius 2 is 1.74 bits per heavy atom. The summed E-state index contributed by atoms with van der Waals surface area (Å²) in [7, 11) is 3.16. The molecule has 0 unspecified atom stereocenters. The first-order chi connectivity index (χ1) is 14.9. The van der Waals surface area contributed by atoms with Crippen LogP contribution in [0.5, 0.6) is 5.75 Å². The number of anilines is 3. The van der Waals surface area contributed by atoms with E-state index in [9.17, 15) is 9.59 Å². The van der Waals surface area contributed by atoms with Crippen LogP contribution in [-0.2, 0) is 4.79 Å². The van der Waals surface area contributed by atoms with Crippen molar-refractivity contribution < 1.29 is 14.3 Å². The number of methoxy groups -OCH3 is 1. The van der Waals surface area contributed by atoms with Gasteiger partial charge in [0.05, 0.1) is 24.9 Å². The molecule has 3 rings (SSSR count). The fraction of sp³-hybridized carbons (Fsp3) is 0.208. The van der Waals surface area contributed by atoms with Gasteiger partial charge in [-0.15, -0.1) is 0 Å². The van der Waals surface area contributed by atoms with E-state index in [0.29, 0.717) is 22.8 Å². The van der Waals surface area contributed by atoms with E-state index >= 15 is 0 Å². The topological polar surface area (TPSA) is 83.6 Å². The van der Waals surface area contributed by atoms with E-state index in [1.54, 1.807) is 32.5 Å². The molecule has 3 aromatic rings. The van der Waals surface area contributed by atoms with Crippen LogP contribution in [0.4, 0.5) is 17.2 Å². The molecule has 0 aliphatic carbocycles. The van der Waals surface area contributed by atoms with Gasteiger partial charge in [0.2, 0.25) is 5.91 Å². The van der Waals surface area contributed by atoms with Gasteiger partial charge in [0.25, 0.3) is 5.91 Å². The molecule has 0 aliphatic rings. The molecular weight excluding hydrogens is 392 g/mol. The molecule has 7 nitrogen and oxygen atoms in total. The Balaban J connectivity index is 1.73. The van der Waals surface area contributed by atoms with Crippen LogP contribution < -0.4 is 15.4 Å². The normalized spacial score (nSPS) is 10.3. The third-order valence-corrected chi connectivity index (χ3v) is 5.00. The highest BCUT2D eigenvalue weighted by atomic mass is 16.5. The van der Waals surface area contributed by atoms with E-state index in [1.807, 2.05) is 56.3 Å². The first-order valence-electron chi connectivity index (χ1n) is 9.87. The Morgan fingerprint density at radius 1 is 1.00 bits per heavy atom. The molecule has 2 aromatic carbocycles. The van der Waals surface area contributed by atoms with Gasteiger partial charge in [-0.3, -0.25) is 9.59 Å². The average molecular weight is 418 g/mol. The minimum atomic E-state index is -0.318. The quantitative estimate of drug-likeness (QED) is 0.602. The van der Waals surface area contributed by atoms with Crippen molar-refractivity contribution in [3.63, 3.8) is 0 Å². The number of aryl methyl sites for hydroxylation is 1. The van der Waals surface area contributed by atoms with Crippen LogP contribution in [0.2, 0.25) is 0 Å². The van der Waals surface area contributed by atoms with E-state index in [-0.39, 0.29) is 18.4 Å². The molecule has 1 aromatic heterocycles. The predicted molar refractivity (Wildman–Crippen MR) is 122 cm³/mol. The number of nitrogens with one attached hydrogen (secondary N) is 2. The Hall–Kier alpha value is -3.87. The maximum Gasteiger partial charge on any atom is 0.257 e. The summed E-state index contributed by atoms with van der Waals surface area (Å²) in [4.78, 5) is 31.3. The zero-order valence-electron chi connectivity index (χ0n) is 18.1. The Labute approximate surface area is 182 Å². The van der Waals surface area contributed by atoms with Crippen molar-refractivity contribution in [2.45, 2.75) is 13.8 Å². The van der Waals surface area contributed by atoms with Crippen molar-refractivity contribution in [3.8, 4) is 5.75 Å². The molecule has 0 bridgehead atoms. The number of rotatable bonds is 7. The number of carbonyl (C=O) groups is 2. The minimum Gasteiger partial charge on any atom is -0.495 e. The molecule has 1 heterocycles. The summed E-state index contributed by atoms with van der Waals surface area (Å²) in [5.74, 6) is 0.431. The summed E-state index contributed by atoms with van der Waals surface area (Å²) < 4.78 is 5.35. The Kier molecular flexibility index (Phi) is 6.87. The van der Waals surface area contributed by atoms with Gasteiger partial charge in [0, 0.05) is 18.9 Å². The molecule has 0 atom stereocenters. The summed E-state index contributed by atoms with van der Waals surface area (Å²) in [6, 6.07) is 16.4. The lowest BCUT2D eigenvalue weighted by atomic mass is 10.1. The number of aromatic nitrogens is 1. The summed E-state index contributed by atoms with van der Waals surface area (Å²) in [6.45, 7) is 3.85. The molecule has 0 spiro atoms. The van der Waals surface area contributed by atoms with Crippen molar-refractivity contribution in [2.75, 3.05) is 31.3 Å². The first kappa shape index (κ1) is 21.8. The van der Waals surface area contributed by atoms with Gasteiger partial charge in [-0.05, 0) is 55.3 Å². The highest BCUT2D eigenvalue weighted by Crippen LogP contribution is 2.28. The second-order valence-corrected chi connectivity index (χ2v) is 7.18. The minimum absolute atomic E-state index is 0.0881. The van der Waals surface area contributed by atoms with E-state index in [0.717, 1.165) is 16.8 Å². The second kappa shape index (κ2) is 9.75. The lowest BCUT2D eigenvalue weighted by Gasteiger charge is -2.19. The highest BCUT2D eigenvalue weighted by Gasteiger charge is 2.20. The number of amides is 2. The van der Waals surface area contributed by atoms with Gasteiger partial charge in [-0.25, -0.2) is 4.98 Å². The molecule has 31 heavy (non-hydrogen) atoms. The van der Waals surface area contributed by atoms with Crippen LogP contribution in [0, 0.1) is 13.8 Å². The molecule has 0 aliphatic heterocycles. The van der Waals surface area contributed by atoms with Gasteiger partial charge >= 0.3 is 0 Å². The maximum atomic E-state index is 13.1. The largest absolute Gasteiger partial charge is 0.495 e.